The maximum Gasteiger partial charge on any atom is 0.251 e. The molecule has 2 rings (SSSR count). The molecule has 4 N–H and O–H groups in total. The van der Waals surface area contributed by atoms with E-state index in [-0.39, 0.29) is 29.9 Å². The predicted molar refractivity (Wildman–Crippen MR) is 112 cm³/mol. The van der Waals surface area contributed by atoms with Crippen molar-refractivity contribution in [3.05, 3.63) is 64.7 Å². The molecule has 0 saturated carbocycles. The number of benzene rings is 2. The van der Waals surface area contributed by atoms with E-state index in [4.69, 9.17) is 28.6 Å². The van der Waals surface area contributed by atoms with Gasteiger partial charge in [0.05, 0.1) is 7.11 Å². The van der Waals surface area contributed by atoms with Crippen molar-refractivity contribution < 1.29 is 14.3 Å². The first-order valence-electron chi connectivity index (χ1n) is 8.47. The van der Waals surface area contributed by atoms with E-state index in [1.807, 2.05) is 24.3 Å². The van der Waals surface area contributed by atoms with E-state index in [1.54, 1.807) is 31.4 Å². The summed E-state index contributed by atoms with van der Waals surface area (Å²) >= 11 is 10.9. The number of ether oxygens (including phenoxy) is 1. The van der Waals surface area contributed by atoms with E-state index < -0.39 is 0 Å². The highest BCUT2D eigenvalue weighted by Gasteiger charge is 2.07. The second kappa shape index (κ2) is 11.1. The lowest BCUT2D eigenvalue weighted by Gasteiger charge is -2.12. The summed E-state index contributed by atoms with van der Waals surface area (Å²) in [4.78, 5) is 23.7. The molecule has 0 spiro atoms. The molecule has 0 unspecified atom stereocenters. The topological polar surface area (TPSA) is 91.5 Å². The van der Waals surface area contributed by atoms with Crippen molar-refractivity contribution >= 4 is 40.7 Å². The number of rotatable bonds is 7. The number of methoxy groups -OCH3 is 1. The Balaban J connectivity index is 1.61. The van der Waals surface area contributed by atoms with Crippen LogP contribution in [0, 0.1) is 0 Å². The lowest BCUT2D eigenvalue weighted by molar-refractivity contribution is -0.121. The fourth-order valence-corrected chi connectivity index (χ4v) is 2.40. The highest BCUT2D eigenvalue weighted by atomic mass is 35.5. The molecule has 0 atom stereocenters. The molecule has 0 radical (unpaired) electrons. The molecule has 0 aliphatic carbocycles. The van der Waals surface area contributed by atoms with Gasteiger partial charge in [-0.05, 0) is 54.2 Å². The van der Waals surface area contributed by atoms with Crippen molar-refractivity contribution in [3.8, 4) is 5.75 Å². The molecule has 0 fully saturated rings. The van der Waals surface area contributed by atoms with Crippen LogP contribution in [0.2, 0.25) is 5.02 Å². The summed E-state index contributed by atoms with van der Waals surface area (Å²) in [5.41, 5.74) is 6.59. The number of amides is 2. The van der Waals surface area contributed by atoms with Crippen LogP contribution in [0.15, 0.2) is 48.5 Å². The Morgan fingerprint density at radius 1 is 1.00 bits per heavy atom. The van der Waals surface area contributed by atoms with Crippen molar-refractivity contribution in [3.63, 3.8) is 0 Å². The molecule has 0 aromatic heterocycles. The number of carbonyl (C=O) groups is 2. The first-order valence-corrected chi connectivity index (χ1v) is 9.26. The number of hydrazine groups is 1. The van der Waals surface area contributed by atoms with Crippen molar-refractivity contribution in [2.24, 2.45) is 0 Å². The summed E-state index contributed by atoms with van der Waals surface area (Å²) in [6.07, 6.45) is 0.105. The van der Waals surface area contributed by atoms with Crippen molar-refractivity contribution in [1.29, 1.82) is 0 Å². The third-order valence-corrected chi connectivity index (χ3v) is 4.17. The van der Waals surface area contributed by atoms with Crippen molar-refractivity contribution in [1.82, 2.24) is 21.5 Å². The lowest BCUT2D eigenvalue weighted by Crippen LogP contribution is -2.47. The monoisotopic (exact) mass is 420 g/mol. The second-order valence-electron chi connectivity index (χ2n) is 5.72. The number of nitrogens with one attached hydrogen (secondary N) is 4. The molecule has 148 valence electrons. The molecular formula is C19H21ClN4O3S. The fraction of sp³-hybridized carbons (Fsp3) is 0.211. The van der Waals surface area contributed by atoms with Crippen LogP contribution in [0.25, 0.3) is 0 Å². The zero-order valence-corrected chi connectivity index (χ0v) is 16.8. The third-order valence-electron chi connectivity index (χ3n) is 3.67. The van der Waals surface area contributed by atoms with E-state index in [9.17, 15) is 9.59 Å². The summed E-state index contributed by atoms with van der Waals surface area (Å²) in [5.74, 6) is 0.207. The molecule has 28 heavy (non-hydrogen) atoms. The smallest absolute Gasteiger partial charge is 0.251 e. The Labute approximate surface area is 173 Å². The summed E-state index contributed by atoms with van der Waals surface area (Å²) in [6, 6.07) is 14.0. The van der Waals surface area contributed by atoms with Crippen LogP contribution >= 0.6 is 23.8 Å². The highest BCUT2D eigenvalue weighted by molar-refractivity contribution is 7.80. The van der Waals surface area contributed by atoms with Crippen LogP contribution in [0.3, 0.4) is 0 Å². The Bertz CT molecular complexity index is 813. The quantitative estimate of drug-likeness (QED) is 0.405. The Morgan fingerprint density at radius 3 is 2.32 bits per heavy atom. The number of thiocarbonyl (C=S) groups is 1. The molecule has 0 aliphatic rings. The van der Waals surface area contributed by atoms with Gasteiger partial charge >= 0.3 is 0 Å². The van der Waals surface area contributed by atoms with Gasteiger partial charge in [-0.2, -0.15) is 0 Å². The number of hydrogen-bond acceptors (Lipinski definition) is 4. The summed E-state index contributed by atoms with van der Waals surface area (Å²) in [7, 11) is 1.61. The van der Waals surface area contributed by atoms with E-state index in [1.165, 1.54) is 0 Å². The molecule has 9 heteroatoms. The number of hydrogen-bond donors (Lipinski definition) is 4. The summed E-state index contributed by atoms with van der Waals surface area (Å²) in [6.45, 7) is 0.698. The SMILES string of the molecule is COc1ccc(CNC(=S)NNC(=O)CCNC(=O)c2ccc(Cl)cc2)cc1. The minimum absolute atomic E-state index is 0.105. The normalized spacial score (nSPS) is 9.93. The minimum Gasteiger partial charge on any atom is -0.497 e. The molecule has 0 aliphatic heterocycles. The zero-order chi connectivity index (χ0) is 20.4. The average molecular weight is 421 g/mol. The molecular weight excluding hydrogens is 400 g/mol. The highest BCUT2D eigenvalue weighted by Crippen LogP contribution is 2.11. The summed E-state index contributed by atoms with van der Waals surface area (Å²) < 4.78 is 5.10. The average Bonchev–Trinajstić information content (AvgIpc) is 2.71. The standard InChI is InChI=1S/C19H21ClN4O3S/c1-27-16-8-2-13(3-9-16)12-22-19(28)24-23-17(25)10-11-21-18(26)14-4-6-15(20)7-5-14/h2-9H,10-12H2,1H3,(H,21,26)(H,23,25)(H2,22,24,28). The minimum atomic E-state index is -0.301. The Hall–Kier alpha value is -2.84. The van der Waals surface area contributed by atoms with Crippen molar-refractivity contribution in [2.75, 3.05) is 13.7 Å². The maximum absolute atomic E-state index is 11.9. The second-order valence-corrected chi connectivity index (χ2v) is 6.56. The number of carbonyl (C=O) groups excluding carboxylic acids is 2. The van der Waals surface area contributed by atoms with Crippen LogP contribution < -0.4 is 26.2 Å². The van der Waals surface area contributed by atoms with Gasteiger partial charge in [0.1, 0.15) is 5.75 Å². The molecule has 2 amide bonds. The summed E-state index contributed by atoms with van der Waals surface area (Å²) in [5, 5.41) is 6.48. The van der Waals surface area contributed by atoms with Gasteiger partial charge in [-0.3, -0.25) is 20.4 Å². The maximum atomic E-state index is 11.9. The molecule has 0 bridgehead atoms. The Morgan fingerprint density at radius 2 is 1.68 bits per heavy atom. The molecule has 2 aromatic rings. The predicted octanol–water partition coefficient (Wildman–Crippen LogP) is 2.16. The molecule has 2 aromatic carbocycles. The van der Waals surface area contributed by atoms with E-state index >= 15 is 0 Å². The third kappa shape index (κ3) is 7.42. The van der Waals surface area contributed by atoms with Crippen LogP contribution in [0.1, 0.15) is 22.3 Å². The van der Waals surface area contributed by atoms with Gasteiger partial charge in [-0.15, -0.1) is 0 Å². The van der Waals surface area contributed by atoms with Gasteiger partial charge in [0, 0.05) is 30.1 Å². The zero-order valence-electron chi connectivity index (χ0n) is 15.3. The van der Waals surface area contributed by atoms with Gasteiger partial charge < -0.3 is 15.4 Å². The lowest BCUT2D eigenvalue weighted by atomic mass is 10.2. The molecule has 0 saturated heterocycles. The van der Waals surface area contributed by atoms with Gasteiger partial charge in [-0.1, -0.05) is 23.7 Å². The van der Waals surface area contributed by atoms with Gasteiger partial charge in [0.25, 0.3) is 5.91 Å². The van der Waals surface area contributed by atoms with Crippen LogP contribution in [-0.2, 0) is 11.3 Å². The van der Waals surface area contributed by atoms with Crippen molar-refractivity contribution in [2.45, 2.75) is 13.0 Å². The van der Waals surface area contributed by atoms with Gasteiger partial charge in [0.2, 0.25) is 5.91 Å². The van der Waals surface area contributed by atoms with E-state index in [2.05, 4.69) is 21.5 Å². The Kier molecular flexibility index (Phi) is 8.51. The van der Waals surface area contributed by atoms with E-state index in [0.717, 1.165) is 11.3 Å². The van der Waals surface area contributed by atoms with Crippen LogP contribution in [0.5, 0.6) is 5.75 Å². The number of halogens is 1. The van der Waals surface area contributed by atoms with E-state index in [0.29, 0.717) is 17.1 Å². The largest absolute Gasteiger partial charge is 0.497 e. The van der Waals surface area contributed by atoms with Crippen LogP contribution in [-0.4, -0.2) is 30.6 Å². The first kappa shape index (κ1) is 21.5. The van der Waals surface area contributed by atoms with Gasteiger partial charge in [0.15, 0.2) is 5.11 Å². The van der Waals surface area contributed by atoms with Crippen LogP contribution in [0.4, 0.5) is 0 Å². The first-order chi connectivity index (χ1) is 13.5. The molecule has 0 heterocycles. The molecule has 7 nitrogen and oxygen atoms in total. The van der Waals surface area contributed by atoms with Gasteiger partial charge in [-0.25, -0.2) is 0 Å². The fourth-order valence-electron chi connectivity index (χ4n) is 2.15.